The molecule has 1 amide bonds. The lowest BCUT2D eigenvalue weighted by Gasteiger charge is -2.45. The van der Waals surface area contributed by atoms with Gasteiger partial charge < -0.3 is 5.32 Å². The number of benzene rings is 1. The average Bonchev–Trinajstić information content (AvgIpc) is 2.71. The van der Waals surface area contributed by atoms with Crippen LogP contribution in [0.25, 0.3) is 0 Å². The van der Waals surface area contributed by atoms with E-state index in [1.165, 1.54) is 33.5 Å². The fourth-order valence-electron chi connectivity index (χ4n) is 4.01. The molecule has 0 radical (unpaired) electrons. The second kappa shape index (κ2) is 9.19. The molecule has 34 heavy (non-hydrogen) atoms. The highest BCUT2D eigenvalue weighted by molar-refractivity contribution is 7.92. The van der Waals surface area contributed by atoms with Gasteiger partial charge in [-0.05, 0) is 62.8 Å². The van der Waals surface area contributed by atoms with E-state index in [2.05, 4.69) is 10.3 Å². The molecule has 11 heteroatoms. The third kappa shape index (κ3) is 5.43. The molecule has 0 bridgehead atoms. The zero-order chi connectivity index (χ0) is 25.5. The van der Waals surface area contributed by atoms with Crippen molar-refractivity contribution in [1.29, 1.82) is 0 Å². The van der Waals surface area contributed by atoms with E-state index in [-0.39, 0.29) is 28.8 Å². The Labute approximate surface area is 198 Å². The highest BCUT2D eigenvalue weighted by Crippen LogP contribution is 2.46. The molecule has 1 heterocycles. The van der Waals surface area contributed by atoms with Crippen molar-refractivity contribution in [2.75, 3.05) is 6.54 Å². The summed E-state index contributed by atoms with van der Waals surface area (Å²) in [6.07, 6.45) is 2.18. The van der Waals surface area contributed by atoms with Gasteiger partial charge in [0.2, 0.25) is 0 Å². The van der Waals surface area contributed by atoms with Crippen LogP contribution in [0.5, 0.6) is 0 Å². The van der Waals surface area contributed by atoms with Crippen LogP contribution >= 0.6 is 9.24 Å². The second-order valence-electron chi connectivity index (χ2n) is 9.32. The third-order valence-corrected chi connectivity index (χ3v) is 9.39. The number of nitrogens with one attached hydrogen (secondary N) is 1. The highest BCUT2D eigenvalue weighted by Gasteiger charge is 2.48. The number of nitrogens with zero attached hydrogens (tertiary/aromatic N) is 1. The van der Waals surface area contributed by atoms with Gasteiger partial charge >= 0.3 is 0 Å². The monoisotopic (exact) mass is 518 g/mol. The van der Waals surface area contributed by atoms with Crippen LogP contribution < -0.4 is 5.32 Å². The van der Waals surface area contributed by atoms with Gasteiger partial charge in [-0.2, -0.15) is 17.6 Å². The van der Waals surface area contributed by atoms with Gasteiger partial charge in [-0.3, -0.25) is 9.78 Å². The van der Waals surface area contributed by atoms with Crippen LogP contribution in [0.15, 0.2) is 47.5 Å². The molecular weight excluding hydrogens is 491 g/mol. The first-order valence-corrected chi connectivity index (χ1v) is 12.7. The van der Waals surface area contributed by atoms with Gasteiger partial charge in [-0.15, -0.1) is 0 Å². The Morgan fingerprint density at radius 3 is 2.35 bits per heavy atom. The first-order valence-electron chi connectivity index (χ1n) is 10.7. The molecule has 0 saturated heterocycles. The zero-order valence-electron chi connectivity index (χ0n) is 19.0. The number of hydrogen-bond donors (Lipinski definition) is 1. The van der Waals surface area contributed by atoms with Gasteiger partial charge in [-0.25, -0.2) is 8.42 Å². The quantitative estimate of drug-likeness (QED) is 0.389. The van der Waals surface area contributed by atoms with Crippen molar-refractivity contribution in [3.8, 4) is 0 Å². The van der Waals surface area contributed by atoms with E-state index in [9.17, 15) is 30.8 Å². The standard InChI is InChI=1S/C23H27F4N2O3PS/c1-21(2,34(31,32)18-6-4-5-16(12-18)23(26,27)33)17-9-14(10-17)13-29-20(30)15-7-8-28-19(11-15)22(3,24)25/h4-8,11-12,14,17H,9-10,13,33H2,1-3H3,(H,29,30). The smallest absolute Gasteiger partial charge is 0.286 e. The second-order valence-corrected chi connectivity index (χ2v) is 12.6. The maximum atomic E-state index is 13.7. The number of pyridine rings is 1. The molecule has 1 saturated carbocycles. The van der Waals surface area contributed by atoms with Crippen molar-refractivity contribution in [2.24, 2.45) is 11.8 Å². The van der Waals surface area contributed by atoms with Crippen molar-refractivity contribution in [1.82, 2.24) is 10.3 Å². The molecule has 186 valence electrons. The molecule has 0 spiro atoms. The van der Waals surface area contributed by atoms with Gasteiger partial charge in [-0.1, -0.05) is 21.4 Å². The number of halogens is 4. The fourth-order valence-corrected chi connectivity index (χ4v) is 5.97. The molecule has 1 unspecified atom stereocenters. The molecule has 1 aromatic heterocycles. The van der Waals surface area contributed by atoms with Crippen LogP contribution in [0.2, 0.25) is 0 Å². The van der Waals surface area contributed by atoms with E-state index in [4.69, 9.17) is 0 Å². The molecule has 1 N–H and O–H groups in total. The van der Waals surface area contributed by atoms with Crippen molar-refractivity contribution in [3.05, 3.63) is 59.4 Å². The minimum Gasteiger partial charge on any atom is -0.352 e. The van der Waals surface area contributed by atoms with E-state index in [0.717, 1.165) is 18.3 Å². The van der Waals surface area contributed by atoms with Gasteiger partial charge in [0.15, 0.2) is 9.84 Å². The Balaban J connectivity index is 1.62. The summed E-state index contributed by atoms with van der Waals surface area (Å²) in [7, 11) is -2.50. The summed E-state index contributed by atoms with van der Waals surface area (Å²) in [6, 6.07) is 7.18. The predicted molar refractivity (Wildman–Crippen MR) is 124 cm³/mol. The first-order chi connectivity index (χ1) is 15.5. The maximum Gasteiger partial charge on any atom is 0.286 e. The van der Waals surface area contributed by atoms with Crippen LogP contribution in [0, 0.1) is 11.8 Å². The number of alkyl halides is 4. The summed E-state index contributed by atoms with van der Waals surface area (Å²) >= 11 is 0. The van der Waals surface area contributed by atoms with Crippen LogP contribution in [0.4, 0.5) is 17.6 Å². The van der Waals surface area contributed by atoms with E-state index in [0.29, 0.717) is 19.8 Å². The number of sulfone groups is 1. The van der Waals surface area contributed by atoms with Crippen molar-refractivity contribution >= 4 is 25.0 Å². The van der Waals surface area contributed by atoms with Crippen molar-refractivity contribution in [3.63, 3.8) is 0 Å². The van der Waals surface area contributed by atoms with Crippen LogP contribution in [0.3, 0.4) is 0 Å². The molecule has 1 aliphatic carbocycles. The topological polar surface area (TPSA) is 76.1 Å². The van der Waals surface area contributed by atoms with Crippen LogP contribution in [0.1, 0.15) is 55.2 Å². The summed E-state index contributed by atoms with van der Waals surface area (Å²) in [5, 5.41) is 2.70. The lowest BCUT2D eigenvalue weighted by atomic mass is 9.69. The maximum absolute atomic E-state index is 13.7. The van der Waals surface area contributed by atoms with Crippen molar-refractivity contribution < 1.29 is 30.8 Å². The van der Waals surface area contributed by atoms with E-state index in [1.807, 2.05) is 0 Å². The average molecular weight is 519 g/mol. The zero-order valence-corrected chi connectivity index (χ0v) is 21.0. The minimum absolute atomic E-state index is 0.0139. The molecular formula is C23H27F4N2O3PS. The SMILES string of the molecule is CC(F)(F)c1cc(C(=O)NCC2CC(C(C)(C)S(=O)(=O)c3cccc(C(F)(F)P)c3)C2)ccn1. The fraction of sp³-hybridized carbons (Fsp3) is 0.478. The Hall–Kier alpha value is -2.06. The Morgan fingerprint density at radius 2 is 1.76 bits per heavy atom. The Bertz CT molecular complexity index is 1170. The largest absolute Gasteiger partial charge is 0.352 e. The van der Waals surface area contributed by atoms with E-state index < -0.39 is 43.3 Å². The summed E-state index contributed by atoms with van der Waals surface area (Å²) in [5.74, 6) is -3.90. The summed E-state index contributed by atoms with van der Waals surface area (Å²) < 4.78 is 79.5. The normalized spacial score (nSPS) is 19.4. The molecule has 1 aromatic carbocycles. The summed E-state index contributed by atoms with van der Waals surface area (Å²) in [4.78, 5) is 15.8. The number of carbonyl (C=O) groups is 1. The van der Waals surface area contributed by atoms with Gasteiger partial charge in [0.05, 0.1) is 9.64 Å². The molecule has 1 aliphatic rings. The molecule has 3 rings (SSSR count). The lowest BCUT2D eigenvalue weighted by molar-refractivity contribution is 0.0127. The number of aromatic nitrogens is 1. The lowest BCUT2D eigenvalue weighted by Crippen LogP contribution is -2.48. The van der Waals surface area contributed by atoms with E-state index >= 15 is 0 Å². The van der Waals surface area contributed by atoms with Gasteiger partial charge in [0.25, 0.3) is 17.5 Å². The highest BCUT2D eigenvalue weighted by atomic mass is 32.2. The van der Waals surface area contributed by atoms with Crippen LogP contribution in [-0.4, -0.2) is 30.6 Å². The summed E-state index contributed by atoms with van der Waals surface area (Å²) in [6.45, 7) is 4.12. The third-order valence-electron chi connectivity index (χ3n) is 6.46. The van der Waals surface area contributed by atoms with E-state index in [1.54, 1.807) is 13.8 Å². The van der Waals surface area contributed by atoms with Gasteiger partial charge in [0.1, 0.15) is 5.69 Å². The number of rotatable bonds is 8. The van der Waals surface area contributed by atoms with Gasteiger partial charge in [0, 0.05) is 30.8 Å². The van der Waals surface area contributed by atoms with Crippen molar-refractivity contribution in [2.45, 2.75) is 54.8 Å². The van der Waals surface area contributed by atoms with Crippen LogP contribution in [-0.2, 0) is 21.4 Å². The Kier molecular flexibility index (Phi) is 7.17. The molecule has 1 atom stereocenters. The predicted octanol–water partition coefficient (Wildman–Crippen LogP) is 5.13. The molecule has 2 aromatic rings. The minimum atomic E-state index is -3.91. The molecule has 5 nitrogen and oxygen atoms in total. The molecule has 0 aliphatic heterocycles. The molecule has 1 fully saturated rings. The first kappa shape index (κ1) is 26.5. The number of hydrogen-bond acceptors (Lipinski definition) is 4. The number of carbonyl (C=O) groups excluding carboxylic acids is 1. The number of amides is 1. The Morgan fingerprint density at radius 1 is 1.12 bits per heavy atom. The summed E-state index contributed by atoms with van der Waals surface area (Å²) in [5.41, 5.74) is -4.07.